The van der Waals surface area contributed by atoms with E-state index >= 15 is 0 Å². The number of hydrogen-bond acceptors (Lipinski definition) is 7. The van der Waals surface area contributed by atoms with Crippen molar-refractivity contribution in [1.82, 2.24) is 9.88 Å². The summed E-state index contributed by atoms with van der Waals surface area (Å²) in [6, 6.07) is 20.0. The number of aryl methyl sites for hydroxylation is 1. The van der Waals surface area contributed by atoms with Crippen LogP contribution in [0.5, 0.6) is 0 Å². The van der Waals surface area contributed by atoms with Crippen molar-refractivity contribution in [2.45, 2.75) is 22.6 Å². The highest BCUT2D eigenvalue weighted by molar-refractivity contribution is 7.98. The average Bonchev–Trinajstić information content (AvgIpc) is 3.35. The average molecular weight is 567 g/mol. The van der Waals surface area contributed by atoms with Crippen LogP contribution in [0.1, 0.15) is 22.3 Å². The van der Waals surface area contributed by atoms with Gasteiger partial charge in [0.25, 0.3) is 15.9 Å². The van der Waals surface area contributed by atoms with Gasteiger partial charge in [0.05, 0.1) is 20.8 Å². The van der Waals surface area contributed by atoms with Crippen molar-refractivity contribution >= 4 is 60.1 Å². The molecule has 1 aromatic heterocycles. The smallest absolute Gasteiger partial charge is 0.264 e. The van der Waals surface area contributed by atoms with Crippen LogP contribution < -0.4 is 9.21 Å². The molecule has 0 aliphatic carbocycles. The van der Waals surface area contributed by atoms with E-state index in [1.807, 2.05) is 61.6 Å². The zero-order valence-corrected chi connectivity index (χ0v) is 24.1. The maximum Gasteiger partial charge on any atom is 0.264 e. The predicted octanol–water partition coefficient (Wildman–Crippen LogP) is 5.37. The number of para-hydroxylation sites is 1. The van der Waals surface area contributed by atoms with Gasteiger partial charge in [-0.15, -0.1) is 11.8 Å². The van der Waals surface area contributed by atoms with Crippen LogP contribution in [-0.2, 0) is 16.4 Å². The van der Waals surface area contributed by atoms with Crippen LogP contribution in [0.3, 0.4) is 0 Å². The molecule has 10 heteroatoms. The quantitative estimate of drug-likeness (QED) is 0.267. The van der Waals surface area contributed by atoms with Gasteiger partial charge in [0.15, 0.2) is 5.13 Å². The van der Waals surface area contributed by atoms with Gasteiger partial charge in [-0.05, 0) is 87.3 Å². The number of hydrogen-bond donors (Lipinski definition) is 0. The number of anilines is 2. The van der Waals surface area contributed by atoms with Crippen LogP contribution in [-0.4, -0.2) is 64.2 Å². The Morgan fingerprint density at radius 3 is 2.55 bits per heavy atom. The van der Waals surface area contributed by atoms with Crippen LogP contribution in [0, 0.1) is 0 Å². The zero-order valence-electron chi connectivity index (χ0n) is 21.6. The number of carbonyl (C=O) groups is 1. The molecule has 2 heterocycles. The first-order valence-electron chi connectivity index (χ1n) is 12.4. The molecule has 0 saturated carbocycles. The number of aromatic nitrogens is 1. The summed E-state index contributed by atoms with van der Waals surface area (Å²) in [7, 11) is 0.179. The number of thiazole rings is 1. The minimum Gasteiger partial charge on any atom is -0.308 e. The van der Waals surface area contributed by atoms with Crippen molar-refractivity contribution in [3.63, 3.8) is 0 Å². The Balaban J connectivity index is 1.44. The van der Waals surface area contributed by atoms with E-state index in [1.54, 1.807) is 28.8 Å². The standard InChI is InChI=1S/C28H30N4O3S3/c1-30(2)17-18-31(28-29-24-15-12-22(36-3)19-26(24)37-28)27(33)21-10-13-23(14-11-21)38(34,35)32-16-6-8-20-7-4-5-9-25(20)32/h4-5,7,9-15,19H,6,8,16-18H2,1-3H3. The van der Waals surface area contributed by atoms with Crippen LogP contribution in [0.4, 0.5) is 10.8 Å². The molecule has 0 atom stereocenters. The largest absolute Gasteiger partial charge is 0.308 e. The Hall–Kier alpha value is -2.92. The molecule has 38 heavy (non-hydrogen) atoms. The number of nitrogens with zero attached hydrogens (tertiary/aromatic N) is 4. The molecule has 0 N–H and O–H groups in total. The summed E-state index contributed by atoms with van der Waals surface area (Å²) in [5, 5.41) is 0.631. The van der Waals surface area contributed by atoms with Gasteiger partial charge in [0.1, 0.15) is 0 Å². The van der Waals surface area contributed by atoms with Crippen LogP contribution in [0.15, 0.2) is 76.5 Å². The van der Waals surface area contributed by atoms with Gasteiger partial charge in [0.2, 0.25) is 0 Å². The van der Waals surface area contributed by atoms with E-state index < -0.39 is 10.0 Å². The Kier molecular flexibility index (Phi) is 7.76. The second-order valence-electron chi connectivity index (χ2n) is 9.42. The molecular formula is C28H30N4O3S3. The number of carbonyl (C=O) groups excluding carboxylic acids is 1. The molecule has 0 radical (unpaired) electrons. The molecule has 1 aliphatic heterocycles. The first kappa shape index (κ1) is 26.7. The van der Waals surface area contributed by atoms with Crippen molar-refractivity contribution in [2.75, 3.05) is 49.2 Å². The third-order valence-electron chi connectivity index (χ3n) is 6.59. The van der Waals surface area contributed by atoms with Gasteiger partial charge in [0, 0.05) is 30.1 Å². The van der Waals surface area contributed by atoms with Gasteiger partial charge >= 0.3 is 0 Å². The lowest BCUT2D eigenvalue weighted by molar-refractivity contribution is 0.0985. The number of likely N-dealkylation sites (N-methyl/N-ethyl adjacent to an activating group) is 1. The number of rotatable bonds is 8. The highest BCUT2D eigenvalue weighted by Crippen LogP contribution is 2.34. The molecule has 0 spiro atoms. The minimum atomic E-state index is -3.75. The summed E-state index contributed by atoms with van der Waals surface area (Å²) in [4.78, 5) is 23.5. The normalized spacial score (nSPS) is 13.6. The number of fused-ring (bicyclic) bond motifs is 2. The van der Waals surface area contributed by atoms with Crippen molar-refractivity contribution < 1.29 is 13.2 Å². The minimum absolute atomic E-state index is 0.176. The van der Waals surface area contributed by atoms with Crippen molar-refractivity contribution in [2.24, 2.45) is 0 Å². The molecule has 0 fully saturated rings. The van der Waals surface area contributed by atoms with Crippen LogP contribution >= 0.6 is 23.1 Å². The fourth-order valence-corrected chi connectivity index (χ4v) is 7.61. The second-order valence-corrected chi connectivity index (χ2v) is 13.2. The third-order valence-corrected chi connectivity index (χ3v) is 10.2. The highest BCUT2D eigenvalue weighted by Gasteiger charge is 2.29. The first-order valence-corrected chi connectivity index (χ1v) is 15.9. The zero-order chi connectivity index (χ0) is 26.9. The fraction of sp³-hybridized carbons (Fsp3) is 0.286. The lowest BCUT2D eigenvalue weighted by Gasteiger charge is -2.30. The summed E-state index contributed by atoms with van der Waals surface area (Å²) >= 11 is 3.16. The number of thioether (sulfide) groups is 1. The lowest BCUT2D eigenvalue weighted by Crippen LogP contribution is -2.37. The van der Waals surface area contributed by atoms with E-state index in [2.05, 4.69) is 6.07 Å². The first-order chi connectivity index (χ1) is 18.3. The molecule has 0 saturated heterocycles. The van der Waals surface area contributed by atoms with Crippen LogP contribution in [0.2, 0.25) is 0 Å². The fourth-order valence-electron chi connectivity index (χ4n) is 4.52. The molecule has 3 aromatic carbocycles. The number of amides is 1. The highest BCUT2D eigenvalue weighted by atomic mass is 32.2. The van der Waals surface area contributed by atoms with Gasteiger partial charge < -0.3 is 4.90 Å². The Morgan fingerprint density at radius 2 is 1.82 bits per heavy atom. The van der Waals surface area contributed by atoms with Gasteiger partial charge in [-0.3, -0.25) is 14.0 Å². The Morgan fingerprint density at radius 1 is 1.05 bits per heavy atom. The van der Waals surface area contributed by atoms with E-state index in [-0.39, 0.29) is 10.8 Å². The lowest BCUT2D eigenvalue weighted by atomic mass is 10.0. The van der Waals surface area contributed by atoms with Crippen molar-refractivity contribution in [3.8, 4) is 0 Å². The predicted molar refractivity (Wildman–Crippen MR) is 157 cm³/mol. The van der Waals surface area contributed by atoms with Crippen molar-refractivity contribution in [3.05, 3.63) is 77.9 Å². The number of sulfonamides is 1. The SMILES string of the molecule is CSc1ccc2nc(N(CCN(C)C)C(=O)c3ccc(S(=O)(=O)N4CCCc5ccccc54)cc3)sc2c1. The Bertz CT molecular complexity index is 1570. The topological polar surface area (TPSA) is 73.8 Å². The maximum atomic E-state index is 13.7. The molecule has 7 nitrogen and oxygen atoms in total. The van der Waals surface area contributed by atoms with E-state index in [9.17, 15) is 13.2 Å². The summed E-state index contributed by atoms with van der Waals surface area (Å²) < 4.78 is 29.6. The second kappa shape index (κ2) is 11.1. The molecule has 0 bridgehead atoms. The summed E-state index contributed by atoms with van der Waals surface area (Å²) in [5.74, 6) is -0.205. The van der Waals surface area contributed by atoms with Gasteiger partial charge in [-0.1, -0.05) is 29.5 Å². The monoisotopic (exact) mass is 566 g/mol. The molecule has 4 aromatic rings. The van der Waals surface area contributed by atoms with E-state index in [0.717, 1.165) is 39.2 Å². The summed E-state index contributed by atoms with van der Waals surface area (Å²) in [5.41, 5.74) is 3.04. The van der Waals surface area contributed by atoms with E-state index in [0.29, 0.717) is 30.3 Å². The molecule has 1 aliphatic rings. The molecular weight excluding hydrogens is 537 g/mol. The Labute approximate surface area is 232 Å². The van der Waals surface area contributed by atoms with E-state index in [4.69, 9.17) is 4.98 Å². The van der Waals surface area contributed by atoms with Gasteiger partial charge in [-0.2, -0.15) is 0 Å². The number of benzene rings is 3. The molecule has 1 amide bonds. The molecule has 198 valence electrons. The summed E-state index contributed by atoms with van der Waals surface area (Å²) in [6.45, 7) is 1.57. The maximum absolute atomic E-state index is 13.7. The van der Waals surface area contributed by atoms with Gasteiger partial charge in [-0.25, -0.2) is 13.4 Å². The molecule has 5 rings (SSSR count). The molecule has 0 unspecified atom stereocenters. The van der Waals surface area contributed by atoms with Crippen molar-refractivity contribution in [1.29, 1.82) is 0 Å². The summed E-state index contributed by atoms with van der Waals surface area (Å²) in [6.07, 6.45) is 3.67. The van der Waals surface area contributed by atoms with Crippen LogP contribution in [0.25, 0.3) is 10.2 Å². The van der Waals surface area contributed by atoms with E-state index in [1.165, 1.54) is 27.8 Å². The third kappa shape index (κ3) is 5.31.